The second kappa shape index (κ2) is 10.5. The fourth-order valence-electron chi connectivity index (χ4n) is 3.83. The number of nitrogens with one attached hydrogen (secondary N) is 2. The highest BCUT2D eigenvalue weighted by molar-refractivity contribution is 6.08. The van der Waals surface area contributed by atoms with Gasteiger partial charge in [-0.05, 0) is 36.8 Å². The lowest BCUT2D eigenvalue weighted by atomic mass is 10.0. The predicted molar refractivity (Wildman–Crippen MR) is 131 cm³/mol. The molecule has 180 valence electrons. The molecule has 2 aromatic heterocycles. The fraction of sp³-hybridized carbons (Fsp3) is 0.222. The normalized spacial score (nSPS) is 12.4. The van der Waals surface area contributed by atoms with Crippen LogP contribution in [-0.4, -0.2) is 15.5 Å². The number of benzene rings is 2. The van der Waals surface area contributed by atoms with E-state index >= 15 is 0 Å². The molecule has 6 nitrogen and oxygen atoms in total. The van der Waals surface area contributed by atoms with Gasteiger partial charge in [-0.25, -0.2) is 8.78 Å². The second-order valence-corrected chi connectivity index (χ2v) is 8.40. The van der Waals surface area contributed by atoms with E-state index in [2.05, 4.69) is 10.3 Å². The number of halogens is 2. The number of fused-ring (bicyclic) bond motifs is 1. The van der Waals surface area contributed by atoms with Gasteiger partial charge >= 0.3 is 0 Å². The van der Waals surface area contributed by atoms with Crippen molar-refractivity contribution in [3.63, 3.8) is 0 Å². The van der Waals surface area contributed by atoms with Gasteiger partial charge in [0.15, 0.2) is 0 Å². The smallest absolute Gasteiger partial charge is 0.266 e. The van der Waals surface area contributed by atoms with Crippen LogP contribution in [0.2, 0.25) is 0 Å². The summed E-state index contributed by atoms with van der Waals surface area (Å²) in [5.41, 5.74) is 0.194. The van der Waals surface area contributed by atoms with Gasteiger partial charge in [-0.15, -0.1) is 0 Å². The molecule has 1 fully saturated rings. The SMILES string of the molecule is C1CCC1.Cc1c(C(=O)NCc2cccc(F)c2)c2cccc(F)c2c(=O)n1-c1ccc(=O)[nH]c1. The third-order valence-electron chi connectivity index (χ3n) is 5.99. The molecule has 2 N–H and O–H groups in total. The summed E-state index contributed by atoms with van der Waals surface area (Å²) in [5.74, 6) is -1.74. The molecule has 0 aliphatic heterocycles. The van der Waals surface area contributed by atoms with Crippen LogP contribution in [0.25, 0.3) is 16.5 Å². The first-order valence-corrected chi connectivity index (χ1v) is 11.4. The van der Waals surface area contributed by atoms with Crippen molar-refractivity contribution in [3.05, 3.63) is 110 Å². The lowest BCUT2D eigenvalue weighted by Crippen LogP contribution is -2.30. The lowest BCUT2D eigenvalue weighted by Gasteiger charge is -2.17. The molecule has 2 aromatic carbocycles. The van der Waals surface area contributed by atoms with Gasteiger partial charge in [0.2, 0.25) is 5.56 Å². The summed E-state index contributed by atoms with van der Waals surface area (Å²) in [6.45, 7) is 1.61. The Morgan fingerprint density at radius 2 is 1.71 bits per heavy atom. The molecule has 2 heterocycles. The molecule has 1 amide bonds. The highest BCUT2D eigenvalue weighted by Crippen LogP contribution is 2.23. The highest BCUT2D eigenvalue weighted by Gasteiger charge is 2.22. The van der Waals surface area contributed by atoms with Crippen LogP contribution in [0.1, 0.15) is 47.3 Å². The number of pyridine rings is 2. The Kier molecular flexibility index (Phi) is 7.19. The van der Waals surface area contributed by atoms with Gasteiger partial charge < -0.3 is 10.3 Å². The minimum Gasteiger partial charge on any atom is -0.348 e. The van der Waals surface area contributed by atoms with Crippen molar-refractivity contribution >= 4 is 16.7 Å². The van der Waals surface area contributed by atoms with Gasteiger partial charge in [-0.2, -0.15) is 0 Å². The molecule has 5 rings (SSSR count). The number of aromatic nitrogens is 2. The Morgan fingerprint density at radius 1 is 1.00 bits per heavy atom. The van der Waals surface area contributed by atoms with E-state index in [9.17, 15) is 23.2 Å². The molecule has 0 atom stereocenters. The van der Waals surface area contributed by atoms with E-state index in [-0.39, 0.29) is 39.8 Å². The van der Waals surface area contributed by atoms with Gasteiger partial charge in [0.25, 0.3) is 11.5 Å². The van der Waals surface area contributed by atoms with Crippen molar-refractivity contribution < 1.29 is 13.6 Å². The molecule has 0 bridgehead atoms. The first-order valence-electron chi connectivity index (χ1n) is 11.4. The average molecular weight is 478 g/mol. The maximum absolute atomic E-state index is 14.6. The number of hydrogen-bond acceptors (Lipinski definition) is 3. The number of nitrogens with zero attached hydrogens (tertiary/aromatic N) is 1. The molecule has 1 aliphatic rings. The largest absolute Gasteiger partial charge is 0.348 e. The number of carbonyl (C=O) groups is 1. The maximum atomic E-state index is 14.6. The van der Waals surface area contributed by atoms with Crippen LogP contribution in [0.5, 0.6) is 0 Å². The third kappa shape index (κ3) is 5.21. The Morgan fingerprint density at radius 3 is 2.34 bits per heavy atom. The van der Waals surface area contributed by atoms with Crippen LogP contribution in [0.15, 0.2) is 70.4 Å². The van der Waals surface area contributed by atoms with Crippen molar-refractivity contribution in [2.75, 3.05) is 0 Å². The van der Waals surface area contributed by atoms with Gasteiger partial charge in [0.1, 0.15) is 11.6 Å². The summed E-state index contributed by atoms with van der Waals surface area (Å²) in [6.07, 6.45) is 7.32. The van der Waals surface area contributed by atoms with Crippen LogP contribution in [0.3, 0.4) is 0 Å². The molecule has 35 heavy (non-hydrogen) atoms. The summed E-state index contributed by atoms with van der Waals surface area (Å²) < 4.78 is 29.2. The molecular formula is C27H25F2N3O3. The number of hydrogen-bond donors (Lipinski definition) is 2. The van der Waals surface area contributed by atoms with E-state index in [4.69, 9.17) is 0 Å². The minimum absolute atomic E-state index is 0.0463. The van der Waals surface area contributed by atoms with Crippen LogP contribution >= 0.6 is 0 Å². The van der Waals surface area contributed by atoms with Crippen molar-refractivity contribution in [2.24, 2.45) is 0 Å². The predicted octanol–water partition coefficient (Wildman–Crippen LogP) is 4.76. The summed E-state index contributed by atoms with van der Waals surface area (Å²) >= 11 is 0. The van der Waals surface area contributed by atoms with Gasteiger partial charge in [0, 0.05) is 29.9 Å². The van der Waals surface area contributed by atoms with E-state index in [0.29, 0.717) is 5.56 Å². The van der Waals surface area contributed by atoms with Gasteiger partial charge in [-0.3, -0.25) is 19.0 Å². The number of H-pyrrole nitrogens is 1. The van der Waals surface area contributed by atoms with E-state index in [1.54, 1.807) is 13.0 Å². The van der Waals surface area contributed by atoms with E-state index in [1.807, 2.05) is 0 Å². The number of carbonyl (C=O) groups excluding carboxylic acids is 1. The quantitative estimate of drug-likeness (QED) is 0.445. The summed E-state index contributed by atoms with van der Waals surface area (Å²) in [7, 11) is 0. The zero-order chi connectivity index (χ0) is 24.9. The van der Waals surface area contributed by atoms with Crippen molar-refractivity contribution in [1.82, 2.24) is 14.9 Å². The van der Waals surface area contributed by atoms with Crippen molar-refractivity contribution in [3.8, 4) is 5.69 Å². The molecule has 0 spiro atoms. The lowest BCUT2D eigenvalue weighted by molar-refractivity contribution is 0.0951. The summed E-state index contributed by atoms with van der Waals surface area (Å²) in [5, 5.41) is 2.63. The van der Waals surface area contributed by atoms with E-state index < -0.39 is 23.1 Å². The first-order chi connectivity index (χ1) is 16.9. The standard InChI is InChI=1S/C23H17F2N3O3.C4H8/c1-13-20(22(30)27-11-14-4-2-5-15(24)10-14)17-6-3-7-18(25)21(17)23(31)28(13)16-8-9-19(29)26-12-16;1-2-4-3-1/h2-10,12H,11H2,1H3,(H,26,29)(H,27,30);1-4H2. The molecule has 1 aliphatic carbocycles. The Balaban J connectivity index is 0.000000656. The van der Waals surface area contributed by atoms with Gasteiger partial charge in [0.05, 0.1) is 16.6 Å². The number of rotatable bonds is 4. The van der Waals surface area contributed by atoms with Crippen molar-refractivity contribution in [2.45, 2.75) is 39.2 Å². The Bertz CT molecular complexity index is 1480. The molecule has 0 unspecified atom stereocenters. The second-order valence-electron chi connectivity index (χ2n) is 8.40. The van der Waals surface area contributed by atoms with Crippen LogP contribution < -0.4 is 16.4 Å². The topological polar surface area (TPSA) is 84.0 Å². The fourth-order valence-corrected chi connectivity index (χ4v) is 3.83. The van der Waals surface area contributed by atoms with Gasteiger partial charge in [-0.1, -0.05) is 49.9 Å². The molecular weight excluding hydrogens is 452 g/mol. The monoisotopic (exact) mass is 477 g/mol. The van der Waals surface area contributed by atoms with Crippen molar-refractivity contribution in [1.29, 1.82) is 0 Å². The Hall–Kier alpha value is -4.07. The average Bonchev–Trinajstić information content (AvgIpc) is 2.78. The zero-order valence-electron chi connectivity index (χ0n) is 19.2. The first kappa shape index (κ1) is 24.1. The minimum atomic E-state index is -0.764. The summed E-state index contributed by atoms with van der Waals surface area (Å²) in [4.78, 5) is 40.1. The highest BCUT2D eigenvalue weighted by atomic mass is 19.1. The Labute approximate surface area is 200 Å². The van der Waals surface area contributed by atoms with E-state index in [0.717, 1.165) is 6.07 Å². The molecule has 0 saturated heterocycles. The van der Waals surface area contributed by atoms with E-state index in [1.165, 1.54) is 78.9 Å². The zero-order valence-corrected chi connectivity index (χ0v) is 19.2. The molecule has 8 heteroatoms. The van der Waals surface area contributed by atoms with Crippen LogP contribution in [0, 0.1) is 18.6 Å². The third-order valence-corrected chi connectivity index (χ3v) is 5.99. The number of amides is 1. The number of aromatic amines is 1. The molecule has 4 aromatic rings. The maximum Gasteiger partial charge on any atom is 0.266 e. The summed E-state index contributed by atoms with van der Waals surface area (Å²) in [6, 6.07) is 12.5. The van der Waals surface area contributed by atoms with Crippen LogP contribution in [0.4, 0.5) is 8.78 Å². The van der Waals surface area contributed by atoms with Crippen LogP contribution in [-0.2, 0) is 6.54 Å². The molecule has 0 radical (unpaired) electrons. The molecule has 1 saturated carbocycles.